The summed E-state index contributed by atoms with van der Waals surface area (Å²) in [5.41, 5.74) is 17.7. The molecule has 0 saturated heterocycles. The van der Waals surface area contributed by atoms with Crippen molar-refractivity contribution in [1.29, 1.82) is 0 Å². The summed E-state index contributed by atoms with van der Waals surface area (Å²) in [5.74, 6) is 0. The molecule has 0 unspecified atom stereocenters. The van der Waals surface area contributed by atoms with E-state index in [0.29, 0.717) is 0 Å². The first kappa shape index (κ1) is 33.8. The maximum absolute atomic E-state index is 5.09. The van der Waals surface area contributed by atoms with E-state index in [1.807, 2.05) is 12.1 Å². The number of hydrogen-bond acceptors (Lipinski definition) is 1. The van der Waals surface area contributed by atoms with Crippen molar-refractivity contribution in [2.24, 2.45) is 0 Å². The van der Waals surface area contributed by atoms with Gasteiger partial charge >= 0.3 is 0 Å². The van der Waals surface area contributed by atoms with Gasteiger partial charge in [0.1, 0.15) is 0 Å². The van der Waals surface area contributed by atoms with E-state index in [1.165, 1.54) is 66.0 Å². The van der Waals surface area contributed by atoms with Crippen LogP contribution in [0.1, 0.15) is 16.7 Å². The Balaban J connectivity index is 0.941. The van der Waals surface area contributed by atoms with Crippen LogP contribution in [-0.2, 0) is 6.42 Å². The minimum atomic E-state index is 0.894. The van der Waals surface area contributed by atoms with Crippen LogP contribution < -0.4 is 0 Å². The lowest BCUT2D eigenvalue weighted by Gasteiger charge is -2.13. The van der Waals surface area contributed by atoms with Crippen molar-refractivity contribution in [1.82, 2.24) is 9.55 Å². The molecule has 1 aliphatic carbocycles. The van der Waals surface area contributed by atoms with Crippen molar-refractivity contribution in [2.75, 3.05) is 0 Å². The first-order chi connectivity index (χ1) is 28.7. The van der Waals surface area contributed by atoms with Gasteiger partial charge in [0, 0.05) is 27.6 Å². The van der Waals surface area contributed by atoms with Crippen LogP contribution in [0.2, 0.25) is 0 Å². The van der Waals surface area contributed by atoms with Gasteiger partial charge in [-0.2, -0.15) is 0 Å². The smallest absolute Gasteiger partial charge is 0.0715 e. The second-order valence-corrected chi connectivity index (χ2v) is 15.2. The summed E-state index contributed by atoms with van der Waals surface area (Å²) in [6, 6.07) is 72.3. The number of para-hydroxylation sites is 1. The number of hydrogen-bond donors (Lipinski definition) is 0. The van der Waals surface area contributed by atoms with Gasteiger partial charge in [0.05, 0.1) is 22.4 Å². The highest BCUT2D eigenvalue weighted by Gasteiger charge is 2.16. The molecule has 0 N–H and O–H groups in total. The zero-order valence-corrected chi connectivity index (χ0v) is 31.9. The van der Waals surface area contributed by atoms with Crippen molar-refractivity contribution in [3.8, 4) is 50.5 Å². The second-order valence-electron chi connectivity index (χ2n) is 15.2. The molecule has 8 aromatic carbocycles. The van der Waals surface area contributed by atoms with E-state index in [9.17, 15) is 0 Å². The fourth-order valence-electron chi connectivity index (χ4n) is 8.76. The second kappa shape index (κ2) is 14.2. The molecule has 58 heavy (non-hydrogen) atoms. The monoisotopic (exact) mass is 738 g/mol. The summed E-state index contributed by atoms with van der Waals surface area (Å²) in [4.78, 5) is 5.09. The number of aromatic nitrogens is 2. The fraction of sp³-hybridized carbons (Fsp3) is 0.0179. The Morgan fingerprint density at radius 3 is 1.81 bits per heavy atom. The first-order valence-corrected chi connectivity index (χ1v) is 20.0. The highest BCUT2D eigenvalue weighted by Crippen LogP contribution is 2.38. The highest BCUT2D eigenvalue weighted by atomic mass is 15.0. The van der Waals surface area contributed by atoms with Crippen LogP contribution >= 0.6 is 0 Å². The Morgan fingerprint density at radius 2 is 1.03 bits per heavy atom. The van der Waals surface area contributed by atoms with Crippen molar-refractivity contribution < 1.29 is 0 Å². The average molecular weight is 739 g/mol. The van der Waals surface area contributed by atoms with Gasteiger partial charge in [0.25, 0.3) is 0 Å². The lowest BCUT2D eigenvalue weighted by molar-refractivity contribution is 1.18. The van der Waals surface area contributed by atoms with Crippen LogP contribution in [0.3, 0.4) is 0 Å². The van der Waals surface area contributed by atoms with Gasteiger partial charge in [-0.15, -0.1) is 0 Å². The summed E-state index contributed by atoms with van der Waals surface area (Å²) in [7, 11) is 0. The molecule has 0 spiro atoms. The van der Waals surface area contributed by atoms with E-state index in [-0.39, 0.29) is 0 Å². The SMILES string of the molecule is C1=Cc2cc(-c3ccc4c(c3)c3ccccc3n4-c3ccc(-c4cc(-c5ccccc5)nc(-c5ccccc5)c4)cc3)ccc2CC(c2cccc3ccccc23)=C1. The van der Waals surface area contributed by atoms with Crippen LogP contribution in [0, 0.1) is 0 Å². The molecule has 11 rings (SSSR count). The van der Waals surface area contributed by atoms with Crippen LogP contribution in [0.15, 0.2) is 212 Å². The van der Waals surface area contributed by atoms with Gasteiger partial charge in [0.15, 0.2) is 0 Å². The zero-order valence-electron chi connectivity index (χ0n) is 31.9. The van der Waals surface area contributed by atoms with E-state index < -0.39 is 0 Å². The molecule has 10 aromatic rings. The minimum absolute atomic E-state index is 0.894. The molecule has 2 heterocycles. The van der Waals surface area contributed by atoms with Crippen LogP contribution in [0.5, 0.6) is 0 Å². The summed E-state index contributed by atoms with van der Waals surface area (Å²) in [6.45, 7) is 0. The summed E-state index contributed by atoms with van der Waals surface area (Å²) >= 11 is 0. The molecular formula is C56H38N2. The van der Waals surface area contributed by atoms with Crippen LogP contribution in [0.4, 0.5) is 0 Å². The van der Waals surface area contributed by atoms with Gasteiger partial charge in [-0.1, -0.05) is 170 Å². The summed E-state index contributed by atoms with van der Waals surface area (Å²) < 4.78 is 2.40. The average Bonchev–Trinajstić information content (AvgIpc) is 3.47. The third-order valence-corrected chi connectivity index (χ3v) is 11.7. The molecule has 1 aliphatic rings. The Hall–Kier alpha value is -7.55. The predicted octanol–water partition coefficient (Wildman–Crippen LogP) is 14.7. The van der Waals surface area contributed by atoms with Gasteiger partial charge in [-0.25, -0.2) is 4.98 Å². The normalized spacial score (nSPS) is 12.4. The van der Waals surface area contributed by atoms with E-state index >= 15 is 0 Å². The number of nitrogens with zero attached hydrogens (tertiary/aromatic N) is 2. The maximum Gasteiger partial charge on any atom is 0.0715 e. The van der Waals surface area contributed by atoms with Crippen LogP contribution in [-0.4, -0.2) is 9.55 Å². The third kappa shape index (κ3) is 6.03. The molecule has 0 amide bonds. The van der Waals surface area contributed by atoms with Gasteiger partial charge in [-0.3, -0.25) is 0 Å². The van der Waals surface area contributed by atoms with E-state index in [0.717, 1.165) is 45.7 Å². The highest BCUT2D eigenvalue weighted by molar-refractivity contribution is 6.10. The Kier molecular flexibility index (Phi) is 8.26. The lowest BCUT2D eigenvalue weighted by atomic mass is 9.91. The molecule has 2 heteroatoms. The maximum atomic E-state index is 5.09. The molecule has 272 valence electrons. The molecule has 0 radical (unpaired) electrons. The number of rotatable bonds is 6. The van der Waals surface area contributed by atoms with Gasteiger partial charge < -0.3 is 4.57 Å². The van der Waals surface area contributed by atoms with Crippen molar-refractivity contribution >= 4 is 44.2 Å². The topological polar surface area (TPSA) is 17.8 Å². The Bertz CT molecular complexity index is 3160. The van der Waals surface area contributed by atoms with E-state index in [1.54, 1.807) is 0 Å². The van der Waals surface area contributed by atoms with Crippen molar-refractivity contribution in [2.45, 2.75) is 6.42 Å². The summed E-state index contributed by atoms with van der Waals surface area (Å²) in [6.07, 6.45) is 7.66. The fourth-order valence-corrected chi connectivity index (χ4v) is 8.76. The Labute approximate surface area is 338 Å². The minimum Gasteiger partial charge on any atom is -0.309 e. The number of allylic oxidation sites excluding steroid dienone is 3. The standard InChI is InChI=1S/C56H38N2/c1-3-14-40(15-4-1)53-36-47(37-54(57-53)41-16-5-2-6-17-41)38-27-30-48(31-28-38)58-55-24-10-9-22-51(55)52-35-45(29-32-56(52)58)43-25-26-44-34-46(20-11-19-42(44)33-43)50-23-12-18-39-13-7-8-21-49(39)50/h1-33,35-37H,34H2. The molecule has 0 fully saturated rings. The molecule has 0 atom stereocenters. The molecule has 0 saturated carbocycles. The molecular weight excluding hydrogens is 701 g/mol. The van der Waals surface area contributed by atoms with Crippen molar-refractivity contribution in [3.63, 3.8) is 0 Å². The number of fused-ring (bicyclic) bond motifs is 5. The third-order valence-electron chi connectivity index (χ3n) is 11.7. The molecule has 2 aromatic heterocycles. The lowest BCUT2D eigenvalue weighted by Crippen LogP contribution is -1.95. The zero-order chi connectivity index (χ0) is 38.4. The molecule has 0 bridgehead atoms. The van der Waals surface area contributed by atoms with Gasteiger partial charge in [0.2, 0.25) is 0 Å². The van der Waals surface area contributed by atoms with E-state index in [4.69, 9.17) is 4.98 Å². The van der Waals surface area contributed by atoms with Crippen molar-refractivity contribution in [3.05, 3.63) is 229 Å². The first-order valence-electron chi connectivity index (χ1n) is 20.0. The van der Waals surface area contributed by atoms with Crippen LogP contribution in [0.25, 0.3) is 94.7 Å². The molecule has 0 aliphatic heterocycles. The number of pyridine rings is 1. The largest absolute Gasteiger partial charge is 0.309 e. The number of benzene rings is 8. The van der Waals surface area contributed by atoms with E-state index in [2.05, 4.69) is 211 Å². The quantitative estimate of drug-likeness (QED) is 0.166. The predicted molar refractivity (Wildman–Crippen MR) is 245 cm³/mol. The van der Waals surface area contributed by atoms with Gasteiger partial charge in [-0.05, 0) is 110 Å². The molecule has 2 nitrogen and oxygen atoms in total. The Morgan fingerprint density at radius 1 is 0.414 bits per heavy atom. The summed E-state index contributed by atoms with van der Waals surface area (Å²) in [5, 5.41) is 5.07.